The first-order chi connectivity index (χ1) is 14.5. The number of nitrogens with zero attached hydrogens (tertiary/aromatic N) is 1. The number of carbonyl (C=O) groups is 1. The monoisotopic (exact) mass is 426 g/mol. The molecule has 0 aliphatic heterocycles. The number of hydrogen-bond acceptors (Lipinski definition) is 5. The molecule has 0 saturated heterocycles. The number of methoxy groups -OCH3 is 2. The maximum absolute atomic E-state index is 12.3. The van der Waals surface area contributed by atoms with Gasteiger partial charge in [0.15, 0.2) is 17.2 Å². The average molecular weight is 427 g/mol. The van der Waals surface area contributed by atoms with Gasteiger partial charge in [-0.3, -0.25) is 9.78 Å². The van der Waals surface area contributed by atoms with E-state index in [0.29, 0.717) is 34.3 Å². The minimum atomic E-state index is -0.351. The fourth-order valence-corrected chi connectivity index (χ4v) is 3.26. The van der Waals surface area contributed by atoms with Gasteiger partial charge in [-0.15, -0.1) is 0 Å². The van der Waals surface area contributed by atoms with Crippen LogP contribution in [0.25, 0.3) is 0 Å². The van der Waals surface area contributed by atoms with E-state index in [1.54, 1.807) is 50.9 Å². The molecule has 3 aromatic rings. The van der Waals surface area contributed by atoms with E-state index in [1.165, 1.54) is 0 Å². The fourth-order valence-electron chi connectivity index (χ4n) is 3.08. The number of aryl methyl sites for hydroxylation is 1. The maximum atomic E-state index is 12.3. The Kier molecular flexibility index (Phi) is 7.14. The van der Waals surface area contributed by atoms with Crippen LogP contribution in [-0.2, 0) is 12.8 Å². The van der Waals surface area contributed by atoms with Crippen molar-refractivity contribution in [2.75, 3.05) is 14.2 Å². The molecule has 0 saturated carbocycles. The van der Waals surface area contributed by atoms with Gasteiger partial charge in [0.1, 0.15) is 0 Å². The average Bonchev–Trinajstić information content (AvgIpc) is 2.79. The molecule has 0 unspecified atom stereocenters. The molecule has 1 amide bonds. The number of nitrogens with one attached hydrogen (secondary N) is 1. The van der Waals surface area contributed by atoms with Crippen LogP contribution in [0.5, 0.6) is 17.2 Å². The summed E-state index contributed by atoms with van der Waals surface area (Å²) >= 11 is 6.33. The van der Waals surface area contributed by atoms with Crippen LogP contribution in [0.4, 0.5) is 0 Å². The minimum absolute atomic E-state index is 0.351. The molecule has 1 aromatic heterocycles. The first-order valence-corrected chi connectivity index (χ1v) is 9.77. The summed E-state index contributed by atoms with van der Waals surface area (Å²) in [5.41, 5.74) is 5.86. The van der Waals surface area contributed by atoms with Crippen molar-refractivity contribution in [3.8, 4) is 17.2 Å². The van der Waals surface area contributed by atoms with Crippen molar-refractivity contribution in [2.24, 2.45) is 0 Å². The molecule has 0 radical (unpaired) electrons. The van der Waals surface area contributed by atoms with Gasteiger partial charge in [0, 0.05) is 28.5 Å². The van der Waals surface area contributed by atoms with Crippen LogP contribution in [0.1, 0.15) is 27.0 Å². The second-order valence-electron chi connectivity index (χ2n) is 6.61. The lowest BCUT2D eigenvalue weighted by molar-refractivity contribution is 0.0758. The maximum Gasteiger partial charge on any atom is 0.284 e. The molecule has 0 bridgehead atoms. The van der Waals surface area contributed by atoms with E-state index in [4.69, 9.17) is 25.9 Å². The molecule has 0 atom stereocenters. The zero-order valence-electron chi connectivity index (χ0n) is 17.1. The Balaban J connectivity index is 1.76. The number of halogens is 1. The van der Waals surface area contributed by atoms with E-state index in [0.717, 1.165) is 23.1 Å². The summed E-state index contributed by atoms with van der Waals surface area (Å²) < 4.78 is 10.7. The first kappa shape index (κ1) is 21.5. The third-order valence-electron chi connectivity index (χ3n) is 4.80. The van der Waals surface area contributed by atoms with Crippen LogP contribution in [0.15, 0.2) is 54.9 Å². The molecule has 0 aliphatic rings. The smallest absolute Gasteiger partial charge is 0.284 e. The van der Waals surface area contributed by atoms with Gasteiger partial charge in [-0.25, -0.2) is 0 Å². The lowest BCUT2D eigenvalue weighted by Crippen LogP contribution is -2.27. The number of ether oxygens (including phenoxy) is 2. The van der Waals surface area contributed by atoms with Gasteiger partial charge in [0.25, 0.3) is 5.91 Å². The number of amides is 1. The van der Waals surface area contributed by atoms with E-state index in [2.05, 4.69) is 10.5 Å². The molecule has 7 heteroatoms. The van der Waals surface area contributed by atoms with E-state index in [1.807, 2.05) is 25.1 Å². The van der Waals surface area contributed by atoms with Crippen molar-refractivity contribution in [3.05, 3.63) is 82.1 Å². The SMILES string of the molecule is COc1ccc(CCc2c(ONC(=O)c3ccncc3)ccc(Cl)c2C)cc1OC. The van der Waals surface area contributed by atoms with Crippen LogP contribution in [-0.4, -0.2) is 25.1 Å². The first-order valence-electron chi connectivity index (χ1n) is 9.39. The number of benzene rings is 2. The topological polar surface area (TPSA) is 69.7 Å². The summed E-state index contributed by atoms with van der Waals surface area (Å²) in [5.74, 6) is 1.57. The summed E-state index contributed by atoms with van der Waals surface area (Å²) in [6.07, 6.45) is 4.50. The van der Waals surface area contributed by atoms with Gasteiger partial charge in [0.05, 0.1) is 14.2 Å². The lowest BCUT2D eigenvalue weighted by atomic mass is 9.99. The van der Waals surface area contributed by atoms with Crippen LogP contribution >= 0.6 is 11.6 Å². The highest BCUT2D eigenvalue weighted by Gasteiger charge is 2.14. The van der Waals surface area contributed by atoms with Gasteiger partial charge >= 0.3 is 0 Å². The van der Waals surface area contributed by atoms with E-state index in [-0.39, 0.29) is 5.91 Å². The summed E-state index contributed by atoms with van der Waals surface area (Å²) in [6.45, 7) is 1.93. The summed E-state index contributed by atoms with van der Waals surface area (Å²) in [4.78, 5) is 21.8. The Morgan fingerprint density at radius 1 is 0.967 bits per heavy atom. The van der Waals surface area contributed by atoms with Crippen molar-refractivity contribution in [1.29, 1.82) is 0 Å². The number of pyridine rings is 1. The highest BCUT2D eigenvalue weighted by molar-refractivity contribution is 6.31. The van der Waals surface area contributed by atoms with Crippen molar-refractivity contribution in [3.63, 3.8) is 0 Å². The molecule has 3 rings (SSSR count). The van der Waals surface area contributed by atoms with Crippen LogP contribution in [0.2, 0.25) is 5.02 Å². The molecule has 1 heterocycles. The third kappa shape index (κ3) is 5.02. The van der Waals surface area contributed by atoms with Crippen molar-refractivity contribution in [1.82, 2.24) is 10.5 Å². The molecular weight excluding hydrogens is 404 g/mol. The van der Waals surface area contributed by atoms with Gasteiger partial charge in [-0.1, -0.05) is 17.7 Å². The molecule has 2 aromatic carbocycles. The Labute approximate surface area is 180 Å². The molecule has 1 N–H and O–H groups in total. The van der Waals surface area contributed by atoms with E-state index < -0.39 is 0 Å². The second kappa shape index (κ2) is 9.98. The highest BCUT2D eigenvalue weighted by Crippen LogP contribution is 2.31. The predicted molar refractivity (Wildman–Crippen MR) is 115 cm³/mol. The second-order valence-corrected chi connectivity index (χ2v) is 7.01. The van der Waals surface area contributed by atoms with E-state index in [9.17, 15) is 4.79 Å². The quantitative estimate of drug-likeness (QED) is 0.534. The number of hydroxylamine groups is 1. The molecule has 0 fully saturated rings. The molecule has 156 valence electrons. The van der Waals surface area contributed by atoms with Crippen molar-refractivity contribution in [2.45, 2.75) is 19.8 Å². The molecule has 30 heavy (non-hydrogen) atoms. The van der Waals surface area contributed by atoms with Crippen LogP contribution in [0, 0.1) is 6.92 Å². The molecule has 6 nitrogen and oxygen atoms in total. The zero-order chi connectivity index (χ0) is 21.5. The van der Waals surface area contributed by atoms with Crippen LogP contribution < -0.4 is 19.8 Å². The normalized spacial score (nSPS) is 10.4. The van der Waals surface area contributed by atoms with Gasteiger partial charge < -0.3 is 14.3 Å². The summed E-state index contributed by atoms with van der Waals surface area (Å²) in [6, 6.07) is 12.6. The summed E-state index contributed by atoms with van der Waals surface area (Å²) in [5, 5.41) is 0.644. The largest absolute Gasteiger partial charge is 0.493 e. The Morgan fingerprint density at radius 2 is 1.67 bits per heavy atom. The number of aromatic nitrogens is 1. The molecular formula is C23H23ClN2O4. The Bertz CT molecular complexity index is 1030. The summed E-state index contributed by atoms with van der Waals surface area (Å²) in [7, 11) is 3.22. The Morgan fingerprint density at radius 3 is 2.37 bits per heavy atom. The minimum Gasteiger partial charge on any atom is -0.493 e. The Hall–Kier alpha value is -3.25. The molecule has 0 aliphatic carbocycles. The van der Waals surface area contributed by atoms with Gasteiger partial charge in [0.2, 0.25) is 0 Å². The number of carbonyl (C=O) groups excluding carboxylic acids is 1. The van der Waals surface area contributed by atoms with Crippen molar-refractivity contribution < 1.29 is 19.1 Å². The van der Waals surface area contributed by atoms with Gasteiger partial charge in [-0.05, 0) is 67.3 Å². The fraction of sp³-hybridized carbons (Fsp3) is 0.217. The highest BCUT2D eigenvalue weighted by atomic mass is 35.5. The van der Waals surface area contributed by atoms with Gasteiger partial charge in [-0.2, -0.15) is 5.48 Å². The van der Waals surface area contributed by atoms with Crippen molar-refractivity contribution >= 4 is 17.5 Å². The lowest BCUT2D eigenvalue weighted by Gasteiger charge is -2.15. The van der Waals surface area contributed by atoms with E-state index >= 15 is 0 Å². The molecule has 0 spiro atoms. The number of hydrogen-bond donors (Lipinski definition) is 1. The van der Waals surface area contributed by atoms with Crippen LogP contribution in [0.3, 0.4) is 0 Å². The standard InChI is InChI=1S/C23H23ClN2O4/c1-15-18(6-4-16-5-8-21(28-2)22(14-16)29-3)20(9-7-19(15)24)30-26-23(27)17-10-12-25-13-11-17/h5,7-14H,4,6H2,1-3H3,(H,26,27). The zero-order valence-corrected chi connectivity index (χ0v) is 17.8. The number of rotatable bonds is 8. The predicted octanol–water partition coefficient (Wildman–Crippen LogP) is 4.57. The third-order valence-corrected chi connectivity index (χ3v) is 5.21.